The highest BCUT2D eigenvalue weighted by atomic mass is 35.5. The summed E-state index contributed by atoms with van der Waals surface area (Å²) in [4.78, 5) is 13.7. The molecule has 1 atom stereocenters. The predicted molar refractivity (Wildman–Crippen MR) is 132 cm³/mol. The van der Waals surface area contributed by atoms with Crippen LogP contribution in [0, 0.1) is 0 Å². The first kappa shape index (κ1) is 22.5. The number of nitrogens with zero attached hydrogens (tertiary/aromatic N) is 3. The highest BCUT2D eigenvalue weighted by Gasteiger charge is 2.16. The number of benzene rings is 3. The van der Waals surface area contributed by atoms with Crippen molar-refractivity contribution in [2.24, 2.45) is 7.05 Å². The van der Waals surface area contributed by atoms with Gasteiger partial charge < -0.3 is 9.88 Å². The third kappa shape index (κ3) is 5.94. The summed E-state index contributed by atoms with van der Waals surface area (Å²) in [5, 5.41) is 12.5. The molecule has 1 heterocycles. The Labute approximate surface area is 200 Å². The molecule has 0 spiro atoms. The second-order valence-electron chi connectivity index (χ2n) is 7.05. The van der Waals surface area contributed by atoms with Crippen LogP contribution in [0.25, 0.3) is 0 Å². The Morgan fingerprint density at radius 1 is 1.00 bits per heavy atom. The van der Waals surface area contributed by atoms with Crippen LogP contribution in [0.3, 0.4) is 0 Å². The molecule has 0 aliphatic heterocycles. The first-order chi connectivity index (χ1) is 15.6. The van der Waals surface area contributed by atoms with Crippen molar-refractivity contribution < 1.29 is 4.79 Å². The van der Waals surface area contributed by atoms with E-state index in [-0.39, 0.29) is 11.2 Å². The summed E-state index contributed by atoms with van der Waals surface area (Å²) < 4.78 is 1.86. The van der Waals surface area contributed by atoms with E-state index >= 15 is 0 Å². The molecule has 0 saturated carbocycles. The predicted octanol–water partition coefficient (Wildman–Crippen LogP) is 6.08. The van der Waals surface area contributed by atoms with E-state index in [1.165, 1.54) is 11.8 Å². The fourth-order valence-electron chi connectivity index (χ4n) is 3.08. The summed E-state index contributed by atoms with van der Waals surface area (Å²) in [5.74, 6) is 0.288. The number of hydrogen-bond donors (Lipinski definition) is 1. The number of halogens is 1. The molecule has 0 saturated heterocycles. The summed E-state index contributed by atoms with van der Waals surface area (Å²) >= 11 is 9.17. The summed E-state index contributed by atoms with van der Waals surface area (Å²) in [6, 6.07) is 25.7. The Morgan fingerprint density at radius 3 is 2.34 bits per heavy atom. The quantitative estimate of drug-likeness (QED) is 0.331. The van der Waals surface area contributed by atoms with Crippen molar-refractivity contribution in [2.75, 3.05) is 11.1 Å². The minimum atomic E-state index is -0.0430. The van der Waals surface area contributed by atoms with Crippen molar-refractivity contribution in [3.8, 4) is 0 Å². The minimum absolute atomic E-state index is 0.0430. The lowest BCUT2D eigenvalue weighted by atomic mass is 10.0. The van der Waals surface area contributed by atoms with Gasteiger partial charge in [0.2, 0.25) is 5.91 Å². The molecular weight excluding hydrogens is 460 g/mol. The molecule has 1 amide bonds. The molecule has 0 aliphatic carbocycles. The molecule has 4 rings (SSSR count). The zero-order valence-corrected chi connectivity index (χ0v) is 19.7. The van der Waals surface area contributed by atoms with Gasteiger partial charge in [0.15, 0.2) is 5.16 Å². The van der Waals surface area contributed by atoms with Crippen LogP contribution >= 0.6 is 35.1 Å². The number of aromatic nitrogens is 3. The third-order valence-electron chi connectivity index (χ3n) is 4.67. The smallest absolute Gasteiger partial charge is 0.234 e. The monoisotopic (exact) mass is 480 g/mol. The second kappa shape index (κ2) is 10.7. The topological polar surface area (TPSA) is 59.8 Å². The lowest BCUT2D eigenvalue weighted by molar-refractivity contribution is -0.113. The highest BCUT2D eigenvalue weighted by Crippen LogP contribution is 2.36. The Hall–Kier alpha value is -2.74. The molecule has 3 aromatic carbocycles. The first-order valence-electron chi connectivity index (χ1n) is 9.92. The number of rotatable bonds is 8. The molecule has 1 N–H and O–H groups in total. The van der Waals surface area contributed by atoms with Gasteiger partial charge in [-0.05, 0) is 59.3 Å². The molecule has 0 bridgehead atoms. The third-order valence-corrected chi connectivity index (χ3v) is 7.29. The van der Waals surface area contributed by atoms with E-state index in [1.54, 1.807) is 18.1 Å². The Bertz CT molecular complexity index is 1160. The molecule has 0 aliphatic rings. The Morgan fingerprint density at radius 2 is 1.69 bits per heavy atom. The number of nitrogens with one attached hydrogen (secondary N) is 1. The number of carbonyl (C=O) groups excluding carboxylic acids is 1. The zero-order valence-electron chi connectivity index (χ0n) is 17.3. The molecule has 32 heavy (non-hydrogen) atoms. The Balaban J connectivity index is 1.38. The van der Waals surface area contributed by atoms with E-state index in [0.29, 0.717) is 10.8 Å². The van der Waals surface area contributed by atoms with E-state index in [1.807, 2.05) is 78.3 Å². The maximum atomic E-state index is 12.6. The molecule has 8 heteroatoms. The number of carbonyl (C=O) groups is 1. The van der Waals surface area contributed by atoms with Gasteiger partial charge in [0.05, 0.1) is 11.0 Å². The van der Waals surface area contributed by atoms with E-state index in [0.717, 1.165) is 26.9 Å². The van der Waals surface area contributed by atoms with Gasteiger partial charge in [-0.3, -0.25) is 4.79 Å². The van der Waals surface area contributed by atoms with Gasteiger partial charge in [0.1, 0.15) is 6.33 Å². The largest absolute Gasteiger partial charge is 0.325 e. The van der Waals surface area contributed by atoms with Gasteiger partial charge in [-0.2, -0.15) is 0 Å². The van der Waals surface area contributed by atoms with E-state index in [4.69, 9.17) is 11.6 Å². The first-order valence-corrected chi connectivity index (χ1v) is 12.2. The zero-order chi connectivity index (χ0) is 22.3. The fraction of sp³-hybridized carbons (Fsp3) is 0.125. The summed E-state index contributed by atoms with van der Waals surface area (Å²) in [7, 11) is 1.90. The van der Waals surface area contributed by atoms with Gasteiger partial charge in [0.25, 0.3) is 0 Å². The molecule has 4 aromatic rings. The van der Waals surface area contributed by atoms with Crippen LogP contribution in [-0.4, -0.2) is 26.4 Å². The lowest BCUT2D eigenvalue weighted by Gasteiger charge is -2.18. The van der Waals surface area contributed by atoms with Crippen LogP contribution in [-0.2, 0) is 11.8 Å². The standard InChI is InChI=1S/C24H21ClN4OS2/c1-29-16-26-28-24(29)32-21-13-11-20(12-14-21)27-22(30)15-31-23(17-5-3-2-4-6-17)18-7-9-19(25)10-8-18/h2-14,16,23H,15H2,1H3,(H,27,30). The highest BCUT2D eigenvalue weighted by molar-refractivity contribution is 8.00. The van der Waals surface area contributed by atoms with Crippen molar-refractivity contribution >= 4 is 46.7 Å². The van der Waals surface area contributed by atoms with E-state index < -0.39 is 0 Å². The molecule has 0 fully saturated rings. The summed E-state index contributed by atoms with van der Waals surface area (Å²) in [6.07, 6.45) is 1.67. The van der Waals surface area contributed by atoms with Gasteiger partial charge in [-0.25, -0.2) is 0 Å². The molecule has 1 unspecified atom stereocenters. The van der Waals surface area contributed by atoms with Crippen molar-refractivity contribution in [3.63, 3.8) is 0 Å². The van der Waals surface area contributed by atoms with Gasteiger partial charge in [-0.15, -0.1) is 22.0 Å². The van der Waals surface area contributed by atoms with Crippen molar-refractivity contribution in [1.82, 2.24) is 14.8 Å². The van der Waals surface area contributed by atoms with Crippen LogP contribution in [0.5, 0.6) is 0 Å². The second-order valence-corrected chi connectivity index (χ2v) is 9.62. The van der Waals surface area contributed by atoms with Crippen molar-refractivity contribution in [3.05, 3.63) is 101 Å². The van der Waals surface area contributed by atoms with Crippen LogP contribution in [0.15, 0.2) is 95.2 Å². The van der Waals surface area contributed by atoms with E-state index in [9.17, 15) is 4.79 Å². The maximum absolute atomic E-state index is 12.6. The fourth-order valence-corrected chi connectivity index (χ4v) is 5.06. The number of anilines is 1. The van der Waals surface area contributed by atoms with Gasteiger partial charge >= 0.3 is 0 Å². The molecule has 0 radical (unpaired) electrons. The molecular formula is C24H21ClN4OS2. The lowest BCUT2D eigenvalue weighted by Crippen LogP contribution is -2.15. The molecule has 1 aromatic heterocycles. The minimum Gasteiger partial charge on any atom is -0.325 e. The number of amides is 1. The average Bonchev–Trinajstić information content (AvgIpc) is 3.21. The van der Waals surface area contributed by atoms with Crippen LogP contribution in [0.1, 0.15) is 16.4 Å². The number of aryl methyl sites for hydroxylation is 1. The summed E-state index contributed by atoms with van der Waals surface area (Å²) in [6.45, 7) is 0. The van der Waals surface area contributed by atoms with Crippen molar-refractivity contribution in [2.45, 2.75) is 15.3 Å². The van der Waals surface area contributed by atoms with Crippen LogP contribution < -0.4 is 5.32 Å². The molecule has 5 nitrogen and oxygen atoms in total. The van der Waals surface area contributed by atoms with Gasteiger partial charge in [0, 0.05) is 22.7 Å². The number of thioether (sulfide) groups is 1. The van der Waals surface area contributed by atoms with Gasteiger partial charge in [-0.1, -0.05) is 54.1 Å². The normalized spacial score (nSPS) is 11.8. The van der Waals surface area contributed by atoms with Crippen LogP contribution in [0.2, 0.25) is 5.02 Å². The average molecular weight is 481 g/mol. The SMILES string of the molecule is Cn1cnnc1Sc1ccc(NC(=O)CSC(c2ccccc2)c2ccc(Cl)cc2)cc1. The maximum Gasteiger partial charge on any atom is 0.234 e. The Kier molecular flexibility index (Phi) is 7.52. The summed E-state index contributed by atoms with van der Waals surface area (Å²) in [5.41, 5.74) is 3.03. The number of hydrogen-bond acceptors (Lipinski definition) is 5. The molecule has 162 valence electrons. The van der Waals surface area contributed by atoms with Crippen molar-refractivity contribution in [1.29, 1.82) is 0 Å². The van der Waals surface area contributed by atoms with E-state index in [2.05, 4.69) is 27.6 Å². The van der Waals surface area contributed by atoms with Crippen LogP contribution in [0.4, 0.5) is 5.69 Å².